The molecule has 1 heterocycles. The largest absolute Gasteiger partial charge is 0.351 e. The molecule has 7 heteroatoms. The summed E-state index contributed by atoms with van der Waals surface area (Å²) >= 11 is 0. The van der Waals surface area contributed by atoms with Gasteiger partial charge in [0.1, 0.15) is 0 Å². The van der Waals surface area contributed by atoms with E-state index in [1.165, 1.54) is 0 Å². The first-order chi connectivity index (χ1) is 7.41. The maximum absolute atomic E-state index is 11.5. The van der Waals surface area contributed by atoms with E-state index in [-0.39, 0.29) is 30.4 Å². The van der Waals surface area contributed by atoms with Crippen LogP contribution < -0.4 is 16.8 Å². The fraction of sp³-hybridized carbons (Fsp3) is 0.800. The molecule has 3 amide bonds. The molecule has 3 unspecified atom stereocenters. The number of rotatable bonds is 3. The Morgan fingerprint density at radius 2 is 2.00 bits per heavy atom. The molecule has 0 spiro atoms. The van der Waals surface area contributed by atoms with Crippen molar-refractivity contribution in [1.29, 1.82) is 0 Å². The number of hydrogen-bond acceptors (Lipinski definition) is 4. The zero-order valence-corrected chi connectivity index (χ0v) is 11.0. The zero-order valence-electron chi connectivity index (χ0n) is 10.2. The number of urea groups is 1. The summed E-state index contributed by atoms with van der Waals surface area (Å²) in [5.74, 6) is 0.0710. The molecule has 0 aromatic heterocycles. The molecule has 100 valence electrons. The SMILES string of the molecule is CC(N)C1CCN(C(C)C(=O)NC(N)=O)C1.Cl. The van der Waals surface area contributed by atoms with Gasteiger partial charge in [-0.2, -0.15) is 0 Å². The standard InChI is InChI=1S/C10H20N4O2.ClH/c1-6(11)8-3-4-14(5-8)7(2)9(15)13-10(12)16;/h6-8H,3-5,11H2,1-2H3,(H3,12,13,15,16);1H. The van der Waals surface area contributed by atoms with Crippen LogP contribution in [0.5, 0.6) is 0 Å². The topological polar surface area (TPSA) is 101 Å². The van der Waals surface area contributed by atoms with Gasteiger partial charge in [0.2, 0.25) is 5.91 Å². The Hall–Kier alpha value is -0.850. The van der Waals surface area contributed by atoms with Crippen LogP contribution in [0.4, 0.5) is 4.79 Å². The molecule has 5 N–H and O–H groups in total. The molecule has 1 rings (SSSR count). The zero-order chi connectivity index (χ0) is 12.3. The molecule has 1 aliphatic heterocycles. The molecule has 0 bridgehead atoms. The number of halogens is 1. The summed E-state index contributed by atoms with van der Waals surface area (Å²) in [4.78, 5) is 24.1. The number of nitrogens with one attached hydrogen (secondary N) is 1. The second-order valence-corrected chi connectivity index (χ2v) is 4.43. The van der Waals surface area contributed by atoms with Crippen LogP contribution in [0.2, 0.25) is 0 Å². The number of amides is 3. The summed E-state index contributed by atoms with van der Waals surface area (Å²) in [5, 5.41) is 2.09. The van der Waals surface area contributed by atoms with Crippen LogP contribution >= 0.6 is 12.4 Å². The van der Waals surface area contributed by atoms with Crippen LogP contribution in [0.15, 0.2) is 0 Å². The van der Waals surface area contributed by atoms with Crippen molar-refractivity contribution in [3.8, 4) is 0 Å². The molecule has 0 radical (unpaired) electrons. The number of primary amides is 1. The molecule has 0 aromatic carbocycles. The van der Waals surface area contributed by atoms with E-state index in [2.05, 4.69) is 5.32 Å². The van der Waals surface area contributed by atoms with E-state index in [1.807, 2.05) is 11.8 Å². The van der Waals surface area contributed by atoms with Gasteiger partial charge >= 0.3 is 6.03 Å². The molecule has 3 atom stereocenters. The lowest BCUT2D eigenvalue weighted by atomic mass is 10.0. The van der Waals surface area contributed by atoms with Gasteiger partial charge in [0.15, 0.2) is 0 Å². The summed E-state index contributed by atoms with van der Waals surface area (Å²) in [7, 11) is 0. The summed E-state index contributed by atoms with van der Waals surface area (Å²) in [6, 6.07) is -1.01. The van der Waals surface area contributed by atoms with Gasteiger partial charge < -0.3 is 11.5 Å². The molecule has 0 saturated carbocycles. The van der Waals surface area contributed by atoms with Crippen molar-refractivity contribution in [2.45, 2.75) is 32.4 Å². The quantitative estimate of drug-likeness (QED) is 0.649. The first kappa shape index (κ1) is 16.1. The lowest BCUT2D eigenvalue weighted by Gasteiger charge is -2.23. The predicted octanol–water partition coefficient (Wildman–Crippen LogP) is -0.339. The average Bonchev–Trinajstić information content (AvgIpc) is 2.64. The van der Waals surface area contributed by atoms with Gasteiger partial charge in [-0.15, -0.1) is 12.4 Å². The number of carbonyl (C=O) groups is 2. The maximum atomic E-state index is 11.5. The van der Waals surface area contributed by atoms with Crippen molar-refractivity contribution in [2.75, 3.05) is 13.1 Å². The van der Waals surface area contributed by atoms with Gasteiger partial charge in [-0.05, 0) is 32.7 Å². The molecule has 0 aromatic rings. The van der Waals surface area contributed by atoms with Gasteiger partial charge in [-0.1, -0.05) is 0 Å². The lowest BCUT2D eigenvalue weighted by Crippen LogP contribution is -2.48. The minimum atomic E-state index is -0.806. The molecular formula is C10H21ClN4O2. The first-order valence-corrected chi connectivity index (χ1v) is 5.51. The van der Waals surface area contributed by atoms with Gasteiger partial charge in [0.05, 0.1) is 6.04 Å². The van der Waals surface area contributed by atoms with E-state index < -0.39 is 6.03 Å². The molecule has 1 aliphatic rings. The highest BCUT2D eigenvalue weighted by Gasteiger charge is 2.31. The smallest absolute Gasteiger partial charge is 0.318 e. The summed E-state index contributed by atoms with van der Waals surface area (Å²) < 4.78 is 0. The van der Waals surface area contributed by atoms with Crippen LogP contribution in [0.3, 0.4) is 0 Å². The summed E-state index contributed by atoms with van der Waals surface area (Å²) in [6.07, 6.45) is 0.992. The fourth-order valence-electron chi connectivity index (χ4n) is 1.99. The number of nitrogens with two attached hydrogens (primary N) is 2. The van der Waals surface area contributed by atoms with Gasteiger partial charge in [0, 0.05) is 12.6 Å². The van der Waals surface area contributed by atoms with Crippen molar-refractivity contribution in [2.24, 2.45) is 17.4 Å². The van der Waals surface area contributed by atoms with E-state index in [0.717, 1.165) is 19.5 Å². The molecule has 0 aliphatic carbocycles. The normalized spacial score (nSPS) is 23.6. The van der Waals surface area contributed by atoms with Crippen LogP contribution in [0, 0.1) is 5.92 Å². The van der Waals surface area contributed by atoms with E-state index in [1.54, 1.807) is 6.92 Å². The third-order valence-corrected chi connectivity index (χ3v) is 3.17. The number of imide groups is 1. The molecular weight excluding hydrogens is 244 g/mol. The highest BCUT2D eigenvalue weighted by Crippen LogP contribution is 2.20. The van der Waals surface area contributed by atoms with Crippen molar-refractivity contribution >= 4 is 24.3 Å². The molecule has 6 nitrogen and oxygen atoms in total. The van der Waals surface area contributed by atoms with Crippen molar-refractivity contribution in [1.82, 2.24) is 10.2 Å². The lowest BCUT2D eigenvalue weighted by molar-refractivity contribution is -0.124. The number of likely N-dealkylation sites (tertiary alicyclic amines) is 1. The Bertz CT molecular complexity index is 285. The van der Waals surface area contributed by atoms with Crippen molar-refractivity contribution in [3.63, 3.8) is 0 Å². The Morgan fingerprint density at radius 3 is 2.41 bits per heavy atom. The molecule has 17 heavy (non-hydrogen) atoms. The Kier molecular flexibility index (Phi) is 6.44. The van der Waals surface area contributed by atoms with E-state index >= 15 is 0 Å². The highest BCUT2D eigenvalue weighted by molar-refractivity contribution is 5.96. The molecule has 1 fully saturated rings. The average molecular weight is 265 g/mol. The Labute approximate surface area is 107 Å². The maximum Gasteiger partial charge on any atom is 0.318 e. The van der Waals surface area contributed by atoms with Crippen LogP contribution in [0.25, 0.3) is 0 Å². The third kappa shape index (κ3) is 4.49. The predicted molar refractivity (Wildman–Crippen MR) is 67.8 cm³/mol. The minimum Gasteiger partial charge on any atom is -0.351 e. The third-order valence-electron chi connectivity index (χ3n) is 3.17. The summed E-state index contributed by atoms with van der Waals surface area (Å²) in [5.41, 5.74) is 10.7. The van der Waals surface area contributed by atoms with Crippen LogP contribution in [0.1, 0.15) is 20.3 Å². The molecule has 1 saturated heterocycles. The minimum absolute atomic E-state index is 0. The second-order valence-electron chi connectivity index (χ2n) is 4.43. The number of carbonyl (C=O) groups excluding carboxylic acids is 2. The van der Waals surface area contributed by atoms with E-state index in [0.29, 0.717) is 5.92 Å². The van der Waals surface area contributed by atoms with Crippen LogP contribution in [-0.2, 0) is 4.79 Å². The fourth-order valence-corrected chi connectivity index (χ4v) is 1.99. The van der Waals surface area contributed by atoms with Gasteiger partial charge in [-0.25, -0.2) is 4.79 Å². The number of nitrogens with zero attached hydrogens (tertiary/aromatic N) is 1. The van der Waals surface area contributed by atoms with Crippen LogP contribution in [-0.4, -0.2) is 42.0 Å². The summed E-state index contributed by atoms with van der Waals surface area (Å²) in [6.45, 7) is 5.37. The van der Waals surface area contributed by atoms with E-state index in [4.69, 9.17) is 11.5 Å². The van der Waals surface area contributed by atoms with Gasteiger partial charge in [0.25, 0.3) is 0 Å². The van der Waals surface area contributed by atoms with Gasteiger partial charge in [-0.3, -0.25) is 15.0 Å². The Balaban J connectivity index is 0.00000256. The monoisotopic (exact) mass is 264 g/mol. The van der Waals surface area contributed by atoms with Crippen molar-refractivity contribution < 1.29 is 9.59 Å². The first-order valence-electron chi connectivity index (χ1n) is 5.51. The highest BCUT2D eigenvalue weighted by atomic mass is 35.5. The second kappa shape index (κ2) is 6.78. The number of hydrogen-bond donors (Lipinski definition) is 3. The van der Waals surface area contributed by atoms with E-state index in [9.17, 15) is 9.59 Å². The van der Waals surface area contributed by atoms with Crippen molar-refractivity contribution in [3.05, 3.63) is 0 Å². The Morgan fingerprint density at radius 1 is 1.41 bits per heavy atom.